The van der Waals surface area contributed by atoms with E-state index < -0.39 is 0 Å². The fourth-order valence-corrected chi connectivity index (χ4v) is 4.36. The van der Waals surface area contributed by atoms with Crippen molar-refractivity contribution in [3.63, 3.8) is 0 Å². The first kappa shape index (κ1) is 27.9. The number of aryl methyl sites for hydroxylation is 1. The number of aromatic nitrogens is 2. The van der Waals surface area contributed by atoms with Gasteiger partial charge in [0.1, 0.15) is 12.4 Å². The number of fused-ring (bicyclic) bond motifs is 1. The molecule has 204 valence electrons. The van der Waals surface area contributed by atoms with Crippen LogP contribution in [0.5, 0.6) is 0 Å². The van der Waals surface area contributed by atoms with Gasteiger partial charge in [-0.25, -0.2) is 9.48 Å². The number of benzene rings is 3. The predicted molar refractivity (Wildman–Crippen MR) is 157 cm³/mol. The van der Waals surface area contributed by atoms with Crippen molar-refractivity contribution in [2.45, 2.75) is 39.5 Å². The second-order valence-corrected chi connectivity index (χ2v) is 10.6. The first-order chi connectivity index (χ1) is 18.7. The molecule has 0 aliphatic heterocycles. The Morgan fingerprint density at radius 3 is 2.44 bits per heavy atom. The van der Waals surface area contributed by atoms with E-state index in [0.717, 1.165) is 27.7 Å². The molecule has 0 bridgehead atoms. The largest absolute Gasteiger partial charge is 0.385 e. The minimum Gasteiger partial charge on any atom is -0.385 e. The van der Waals surface area contributed by atoms with E-state index in [2.05, 4.69) is 31.4 Å². The summed E-state index contributed by atoms with van der Waals surface area (Å²) in [5.74, 6) is 0.251. The average molecular weight is 528 g/mol. The standard InChI is InChI=1S/C31H37N5O3/c1-22-12-6-9-17-26(22)36-28(20-27(34-36)31(2,3)4)33-29(37)21-35(18-11-19-39-5)30(38)32-25-16-10-14-23-13-7-8-15-24(23)25/h6-10,12-17,20H,11,18-19,21H2,1-5H3,(H,32,38)(H,33,37). The lowest BCUT2D eigenvalue weighted by molar-refractivity contribution is -0.116. The molecule has 8 nitrogen and oxygen atoms in total. The van der Waals surface area contributed by atoms with Crippen LogP contribution in [0, 0.1) is 6.92 Å². The summed E-state index contributed by atoms with van der Waals surface area (Å²) < 4.78 is 6.95. The Balaban J connectivity index is 1.56. The zero-order valence-corrected chi connectivity index (χ0v) is 23.3. The van der Waals surface area contributed by atoms with Gasteiger partial charge >= 0.3 is 6.03 Å². The third-order valence-corrected chi connectivity index (χ3v) is 6.52. The number of nitrogens with zero attached hydrogens (tertiary/aromatic N) is 3. The molecule has 0 fully saturated rings. The van der Waals surface area contributed by atoms with Crippen LogP contribution >= 0.6 is 0 Å². The fraction of sp³-hybridized carbons (Fsp3) is 0.323. The maximum absolute atomic E-state index is 13.4. The van der Waals surface area contributed by atoms with Crippen LogP contribution < -0.4 is 10.6 Å². The Morgan fingerprint density at radius 1 is 0.974 bits per heavy atom. The molecule has 0 aliphatic carbocycles. The van der Waals surface area contributed by atoms with E-state index in [1.54, 1.807) is 11.8 Å². The zero-order chi connectivity index (χ0) is 28.0. The van der Waals surface area contributed by atoms with E-state index >= 15 is 0 Å². The van der Waals surface area contributed by atoms with E-state index in [1.165, 1.54) is 4.90 Å². The maximum Gasteiger partial charge on any atom is 0.322 e. The molecule has 3 amide bonds. The molecule has 4 aromatic rings. The van der Waals surface area contributed by atoms with Crippen molar-refractivity contribution < 1.29 is 14.3 Å². The minimum atomic E-state index is -0.347. The highest BCUT2D eigenvalue weighted by atomic mass is 16.5. The summed E-state index contributed by atoms with van der Waals surface area (Å²) >= 11 is 0. The highest BCUT2D eigenvalue weighted by molar-refractivity contribution is 6.03. The quantitative estimate of drug-likeness (QED) is 0.256. The third kappa shape index (κ3) is 6.83. The number of amides is 3. The highest BCUT2D eigenvalue weighted by Crippen LogP contribution is 2.28. The second-order valence-electron chi connectivity index (χ2n) is 10.6. The van der Waals surface area contributed by atoms with Crippen molar-refractivity contribution >= 4 is 34.2 Å². The number of anilines is 2. The molecule has 0 saturated heterocycles. The molecule has 0 unspecified atom stereocenters. The van der Waals surface area contributed by atoms with Crippen molar-refractivity contribution in [3.8, 4) is 5.69 Å². The van der Waals surface area contributed by atoms with E-state index in [0.29, 0.717) is 31.1 Å². The average Bonchev–Trinajstić information content (AvgIpc) is 3.32. The highest BCUT2D eigenvalue weighted by Gasteiger charge is 2.24. The number of carbonyl (C=O) groups is 2. The molecule has 0 saturated carbocycles. The van der Waals surface area contributed by atoms with Gasteiger partial charge in [0.15, 0.2) is 0 Å². The van der Waals surface area contributed by atoms with Gasteiger partial charge in [0.2, 0.25) is 5.91 Å². The molecule has 0 aliphatic rings. The number of nitrogens with one attached hydrogen (secondary N) is 2. The zero-order valence-electron chi connectivity index (χ0n) is 23.3. The van der Waals surface area contributed by atoms with E-state index in [-0.39, 0.29) is 23.9 Å². The predicted octanol–water partition coefficient (Wildman–Crippen LogP) is 6.14. The Labute approximate surface area is 230 Å². The number of hydrogen-bond acceptors (Lipinski definition) is 4. The number of methoxy groups -OCH3 is 1. The van der Waals surface area contributed by atoms with Crippen molar-refractivity contribution in [2.24, 2.45) is 0 Å². The molecule has 1 aromatic heterocycles. The summed E-state index contributed by atoms with van der Waals surface area (Å²) in [4.78, 5) is 28.2. The van der Waals surface area contributed by atoms with Crippen molar-refractivity contribution in [2.75, 3.05) is 37.4 Å². The maximum atomic E-state index is 13.4. The van der Waals surface area contributed by atoms with Crippen molar-refractivity contribution in [3.05, 3.63) is 84.1 Å². The molecular formula is C31H37N5O3. The SMILES string of the molecule is COCCCN(CC(=O)Nc1cc(C(C)(C)C)nn1-c1ccccc1C)C(=O)Nc1cccc2ccccc12. The lowest BCUT2D eigenvalue weighted by atomic mass is 9.92. The molecule has 8 heteroatoms. The van der Waals surface area contributed by atoms with Crippen LogP contribution in [0.4, 0.5) is 16.3 Å². The van der Waals surface area contributed by atoms with Crippen LogP contribution in [0.15, 0.2) is 72.8 Å². The molecule has 3 aromatic carbocycles. The van der Waals surface area contributed by atoms with Crippen LogP contribution in [-0.4, -0.2) is 53.4 Å². The summed E-state index contributed by atoms with van der Waals surface area (Å²) in [6, 6.07) is 23.1. The molecule has 0 atom stereocenters. The Hall–Kier alpha value is -4.17. The number of hydrogen-bond donors (Lipinski definition) is 2. The molecule has 1 heterocycles. The normalized spacial score (nSPS) is 11.4. The molecule has 0 radical (unpaired) electrons. The van der Waals surface area contributed by atoms with Gasteiger partial charge in [0.05, 0.1) is 17.1 Å². The first-order valence-corrected chi connectivity index (χ1v) is 13.2. The van der Waals surface area contributed by atoms with Crippen LogP contribution in [0.1, 0.15) is 38.4 Å². The summed E-state index contributed by atoms with van der Waals surface area (Å²) in [7, 11) is 1.62. The van der Waals surface area contributed by atoms with Gasteiger partial charge in [-0.05, 0) is 36.4 Å². The molecule has 4 rings (SSSR count). The molecular weight excluding hydrogens is 490 g/mol. The van der Waals surface area contributed by atoms with Crippen molar-refractivity contribution in [1.82, 2.24) is 14.7 Å². The van der Waals surface area contributed by atoms with Gasteiger partial charge in [0, 0.05) is 37.1 Å². The van der Waals surface area contributed by atoms with Crippen LogP contribution in [0.3, 0.4) is 0 Å². The Morgan fingerprint density at radius 2 is 1.69 bits per heavy atom. The van der Waals surface area contributed by atoms with E-state index in [9.17, 15) is 9.59 Å². The Bertz CT molecular complexity index is 1450. The number of para-hydroxylation sites is 1. The van der Waals surface area contributed by atoms with E-state index in [4.69, 9.17) is 9.84 Å². The minimum absolute atomic E-state index is 0.121. The number of urea groups is 1. The third-order valence-electron chi connectivity index (χ3n) is 6.52. The van der Waals surface area contributed by atoms with Gasteiger partial charge in [-0.1, -0.05) is 75.4 Å². The molecule has 39 heavy (non-hydrogen) atoms. The van der Waals surface area contributed by atoms with Gasteiger partial charge in [0.25, 0.3) is 0 Å². The van der Waals surface area contributed by atoms with Crippen LogP contribution in [0.2, 0.25) is 0 Å². The van der Waals surface area contributed by atoms with Gasteiger partial charge in [-0.3, -0.25) is 4.79 Å². The van der Waals surface area contributed by atoms with Crippen LogP contribution in [-0.2, 0) is 14.9 Å². The summed E-state index contributed by atoms with van der Waals surface area (Å²) in [6.07, 6.45) is 0.599. The lowest BCUT2D eigenvalue weighted by Crippen LogP contribution is -2.41. The van der Waals surface area contributed by atoms with Crippen molar-refractivity contribution in [1.29, 1.82) is 0 Å². The van der Waals surface area contributed by atoms with E-state index in [1.807, 2.05) is 79.7 Å². The smallest absolute Gasteiger partial charge is 0.322 e. The topological polar surface area (TPSA) is 88.5 Å². The van der Waals surface area contributed by atoms with Gasteiger partial charge < -0.3 is 20.3 Å². The molecule has 2 N–H and O–H groups in total. The number of carbonyl (C=O) groups excluding carboxylic acids is 2. The second kappa shape index (κ2) is 12.1. The lowest BCUT2D eigenvalue weighted by Gasteiger charge is -2.23. The monoisotopic (exact) mass is 527 g/mol. The fourth-order valence-electron chi connectivity index (χ4n) is 4.36. The van der Waals surface area contributed by atoms with Gasteiger partial charge in [-0.2, -0.15) is 5.10 Å². The summed E-state index contributed by atoms with van der Waals surface area (Å²) in [5.41, 5.74) is 3.26. The summed E-state index contributed by atoms with van der Waals surface area (Å²) in [5, 5.41) is 12.8. The first-order valence-electron chi connectivity index (χ1n) is 13.2. The summed E-state index contributed by atoms with van der Waals surface area (Å²) in [6.45, 7) is 8.98. The number of ether oxygens (including phenoxy) is 1. The van der Waals surface area contributed by atoms with Crippen LogP contribution in [0.25, 0.3) is 16.5 Å². The molecule has 0 spiro atoms. The number of rotatable bonds is 9. The Kier molecular flexibility index (Phi) is 8.66. The van der Waals surface area contributed by atoms with Gasteiger partial charge in [-0.15, -0.1) is 0 Å².